The van der Waals surface area contributed by atoms with Gasteiger partial charge in [0.2, 0.25) is 5.91 Å². The topological polar surface area (TPSA) is 70.8 Å². The van der Waals surface area contributed by atoms with Gasteiger partial charge in [0.05, 0.1) is 30.2 Å². The van der Waals surface area contributed by atoms with Crippen LogP contribution in [-0.4, -0.2) is 67.9 Å². The maximum Gasteiger partial charge on any atom is 0.227 e. The van der Waals surface area contributed by atoms with Crippen LogP contribution >= 0.6 is 0 Å². The number of carbonyl (C=O) groups is 1. The smallest absolute Gasteiger partial charge is 0.227 e. The first-order valence-corrected chi connectivity index (χ1v) is 10.9. The highest BCUT2D eigenvalue weighted by Crippen LogP contribution is 2.28. The third-order valence-corrected chi connectivity index (χ3v) is 7.44. The Bertz CT molecular complexity index is 950. The van der Waals surface area contributed by atoms with E-state index in [4.69, 9.17) is 4.42 Å². The predicted octanol–water partition coefficient (Wildman–Crippen LogP) is 1.48. The summed E-state index contributed by atoms with van der Waals surface area (Å²) in [6, 6.07) is 5.72. The number of fused-ring (bicyclic) bond motifs is 2. The fourth-order valence-corrected chi connectivity index (χ4v) is 6.24. The molecular weight excluding hydrogens is 352 g/mol. The lowest BCUT2D eigenvalue weighted by molar-refractivity contribution is -0.135. The number of hydrogen-bond acceptors (Lipinski definition) is 5. The van der Waals surface area contributed by atoms with Crippen LogP contribution in [0.15, 0.2) is 28.9 Å². The Morgan fingerprint density at radius 2 is 2.00 bits per heavy atom. The van der Waals surface area contributed by atoms with Crippen molar-refractivity contribution < 1.29 is 17.6 Å². The van der Waals surface area contributed by atoms with Crippen molar-refractivity contribution in [1.82, 2.24) is 9.80 Å². The highest BCUT2D eigenvalue weighted by atomic mass is 32.2. The molecule has 26 heavy (non-hydrogen) atoms. The fourth-order valence-electron chi connectivity index (χ4n) is 4.19. The SMILES string of the molecule is CCc1ccc2occ(CC(=O)N3CCN(C)C4CS(=O)(=O)CC43)c2c1. The summed E-state index contributed by atoms with van der Waals surface area (Å²) in [4.78, 5) is 16.8. The van der Waals surface area contributed by atoms with Crippen LogP contribution in [0.3, 0.4) is 0 Å². The zero-order chi connectivity index (χ0) is 18.5. The number of rotatable bonds is 3. The highest BCUT2D eigenvalue weighted by molar-refractivity contribution is 7.91. The number of likely N-dealkylation sites (N-methyl/N-ethyl adjacent to an activating group) is 1. The summed E-state index contributed by atoms with van der Waals surface area (Å²) in [5, 5.41) is 0.974. The van der Waals surface area contributed by atoms with Crippen molar-refractivity contribution in [3.63, 3.8) is 0 Å². The third-order valence-electron chi connectivity index (χ3n) is 5.74. The Labute approximate surface area is 153 Å². The van der Waals surface area contributed by atoms with Crippen LogP contribution < -0.4 is 0 Å². The molecule has 2 aliphatic heterocycles. The van der Waals surface area contributed by atoms with Gasteiger partial charge in [-0.05, 0) is 31.2 Å². The number of hydrogen-bond donors (Lipinski definition) is 0. The molecule has 2 fully saturated rings. The number of benzene rings is 1. The lowest BCUT2D eigenvalue weighted by atomic mass is 10.0. The van der Waals surface area contributed by atoms with Crippen LogP contribution in [0.1, 0.15) is 18.1 Å². The van der Waals surface area contributed by atoms with E-state index in [1.807, 2.05) is 19.2 Å². The first-order chi connectivity index (χ1) is 12.4. The summed E-state index contributed by atoms with van der Waals surface area (Å²) in [6.45, 7) is 3.37. The Kier molecular flexibility index (Phi) is 4.31. The second-order valence-electron chi connectivity index (χ2n) is 7.40. The molecule has 1 aromatic carbocycles. The molecule has 1 amide bonds. The van der Waals surface area contributed by atoms with E-state index < -0.39 is 9.84 Å². The standard InChI is InChI=1S/C19H24N2O4S/c1-3-13-4-5-18-15(8-13)14(10-25-18)9-19(22)21-7-6-20(2)16-11-26(23,24)12-17(16)21/h4-5,8,10,16-17H,3,6-7,9,11-12H2,1-2H3. The van der Waals surface area contributed by atoms with E-state index in [1.165, 1.54) is 5.56 Å². The number of piperazine rings is 1. The van der Waals surface area contributed by atoms with Crippen LogP contribution in [0.4, 0.5) is 0 Å². The Hall–Kier alpha value is -1.86. The molecule has 0 N–H and O–H groups in total. The van der Waals surface area contributed by atoms with Gasteiger partial charge in [0.15, 0.2) is 9.84 Å². The van der Waals surface area contributed by atoms with E-state index in [2.05, 4.69) is 17.9 Å². The number of nitrogens with zero attached hydrogens (tertiary/aromatic N) is 2. The average Bonchev–Trinajstić information content (AvgIpc) is 3.15. The van der Waals surface area contributed by atoms with Crippen LogP contribution in [0.2, 0.25) is 0 Å². The summed E-state index contributed by atoms with van der Waals surface area (Å²) in [7, 11) is -1.15. The molecule has 0 spiro atoms. The summed E-state index contributed by atoms with van der Waals surface area (Å²) in [5.74, 6) is 0.196. The number of aryl methyl sites for hydroxylation is 1. The minimum absolute atomic E-state index is 0.0187. The molecule has 2 aliphatic rings. The lowest BCUT2D eigenvalue weighted by Crippen LogP contribution is -2.59. The molecule has 3 heterocycles. The molecule has 7 heteroatoms. The van der Waals surface area contributed by atoms with Gasteiger partial charge in [-0.3, -0.25) is 9.69 Å². The summed E-state index contributed by atoms with van der Waals surface area (Å²) in [6.07, 6.45) is 2.82. The molecule has 4 rings (SSSR count). The van der Waals surface area contributed by atoms with Crippen molar-refractivity contribution in [2.75, 3.05) is 31.6 Å². The van der Waals surface area contributed by atoms with Gasteiger partial charge >= 0.3 is 0 Å². The van der Waals surface area contributed by atoms with Crippen molar-refractivity contribution in [2.45, 2.75) is 31.8 Å². The molecule has 0 radical (unpaired) electrons. The number of carbonyl (C=O) groups excluding carboxylic acids is 1. The Balaban J connectivity index is 1.58. The average molecular weight is 376 g/mol. The van der Waals surface area contributed by atoms with Crippen LogP contribution in [0.25, 0.3) is 11.0 Å². The van der Waals surface area contributed by atoms with Gasteiger partial charge in [-0.1, -0.05) is 13.0 Å². The van der Waals surface area contributed by atoms with E-state index in [1.54, 1.807) is 11.2 Å². The van der Waals surface area contributed by atoms with Gasteiger partial charge < -0.3 is 9.32 Å². The van der Waals surface area contributed by atoms with Crippen molar-refractivity contribution >= 4 is 26.7 Å². The zero-order valence-electron chi connectivity index (χ0n) is 15.1. The minimum Gasteiger partial charge on any atom is -0.464 e. The Morgan fingerprint density at radius 1 is 1.23 bits per heavy atom. The first kappa shape index (κ1) is 17.5. The van der Waals surface area contributed by atoms with E-state index in [0.29, 0.717) is 13.1 Å². The van der Waals surface area contributed by atoms with Gasteiger partial charge in [0, 0.05) is 30.1 Å². The van der Waals surface area contributed by atoms with E-state index in [0.717, 1.165) is 23.0 Å². The summed E-state index contributed by atoms with van der Waals surface area (Å²) >= 11 is 0. The zero-order valence-corrected chi connectivity index (χ0v) is 16.0. The predicted molar refractivity (Wildman–Crippen MR) is 99.9 cm³/mol. The first-order valence-electron chi connectivity index (χ1n) is 9.07. The van der Waals surface area contributed by atoms with Crippen molar-refractivity contribution in [1.29, 1.82) is 0 Å². The summed E-state index contributed by atoms with van der Waals surface area (Å²) in [5.41, 5.74) is 2.86. The number of amides is 1. The maximum atomic E-state index is 13.0. The monoisotopic (exact) mass is 376 g/mol. The van der Waals surface area contributed by atoms with E-state index >= 15 is 0 Å². The number of sulfone groups is 1. The van der Waals surface area contributed by atoms with E-state index in [-0.39, 0.29) is 35.9 Å². The summed E-state index contributed by atoms with van der Waals surface area (Å²) < 4.78 is 29.8. The van der Waals surface area contributed by atoms with Crippen LogP contribution in [0, 0.1) is 0 Å². The highest BCUT2D eigenvalue weighted by Gasteiger charge is 2.46. The van der Waals surface area contributed by atoms with Crippen LogP contribution in [-0.2, 0) is 27.5 Å². The Morgan fingerprint density at radius 3 is 2.77 bits per heavy atom. The molecule has 2 saturated heterocycles. The number of furan rings is 1. The molecule has 2 aromatic rings. The van der Waals surface area contributed by atoms with Gasteiger partial charge in [-0.15, -0.1) is 0 Å². The van der Waals surface area contributed by atoms with Crippen LogP contribution in [0.5, 0.6) is 0 Å². The van der Waals surface area contributed by atoms with Gasteiger partial charge in [0.1, 0.15) is 5.58 Å². The molecule has 6 nitrogen and oxygen atoms in total. The van der Waals surface area contributed by atoms with Gasteiger partial charge in [-0.25, -0.2) is 8.42 Å². The second-order valence-corrected chi connectivity index (χ2v) is 9.55. The van der Waals surface area contributed by atoms with Gasteiger partial charge in [0.25, 0.3) is 0 Å². The molecule has 0 aliphatic carbocycles. The van der Waals surface area contributed by atoms with Crippen molar-refractivity contribution in [2.24, 2.45) is 0 Å². The quantitative estimate of drug-likeness (QED) is 0.811. The normalized spacial score (nSPS) is 25.5. The van der Waals surface area contributed by atoms with E-state index in [9.17, 15) is 13.2 Å². The molecule has 2 atom stereocenters. The minimum atomic E-state index is -3.09. The fraction of sp³-hybridized carbons (Fsp3) is 0.526. The van der Waals surface area contributed by atoms with Crippen molar-refractivity contribution in [3.05, 3.63) is 35.6 Å². The molecule has 140 valence electrons. The second kappa shape index (κ2) is 6.39. The molecule has 0 saturated carbocycles. The maximum absolute atomic E-state index is 13.0. The molecule has 2 unspecified atom stereocenters. The molecule has 1 aromatic heterocycles. The largest absolute Gasteiger partial charge is 0.464 e. The third kappa shape index (κ3) is 3.03. The molecule has 0 bridgehead atoms. The van der Waals surface area contributed by atoms with Crippen molar-refractivity contribution in [3.8, 4) is 0 Å². The van der Waals surface area contributed by atoms with Gasteiger partial charge in [-0.2, -0.15) is 0 Å². The lowest BCUT2D eigenvalue weighted by Gasteiger charge is -2.42. The molecular formula is C19H24N2O4S.